The second-order valence-corrected chi connectivity index (χ2v) is 4.37. The van der Waals surface area contributed by atoms with Crippen LogP contribution in [0, 0.1) is 11.3 Å². The first-order valence-electron chi connectivity index (χ1n) is 5.62. The van der Waals surface area contributed by atoms with Gasteiger partial charge in [-0.05, 0) is 18.2 Å². The van der Waals surface area contributed by atoms with Gasteiger partial charge in [0.2, 0.25) is 5.91 Å². The number of nitrogens with zero attached hydrogens (tertiary/aromatic N) is 4. The second kappa shape index (κ2) is 6.02. The van der Waals surface area contributed by atoms with Gasteiger partial charge in [-0.3, -0.25) is 4.79 Å². The van der Waals surface area contributed by atoms with Gasteiger partial charge in [0.15, 0.2) is 5.69 Å². The van der Waals surface area contributed by atoms with E-state index in [1.54, 1.807) is 0 Å². The largest absolute Gasteiger partial charge is 0.476 e. The summed E-state index contributed by atoms with van der Waals surface area (Å²) in [7, 11) is 0. The molecule has 1 aromatic heterocycles. The van der Waals surface area contributed by atoms with Gasteiger partial charge in [-0.1, -0.05) is 16.8 Å². The summed E-state index contributed by atoms with van der Waals surface area (Å²) in [5.41, 5.74) is 0.476. The van der Waals surface area contributed by atoms with Crippen LogP contribution in [0.3, 0.4) is 0 Å². The average Bonchev–Trinajstić information content (AvgIpc) is 2.87. The quantitative estimate of drug-likeness (QED) is 0.873. The summed E-state index contributed by atoms with van der Waals surface area (Å²) in [5, 5.41) is 27.1. The van der Waals surface area contributed by atoms with Gasteiger partial charge in [0.05, 0.1) is 16.8 Å². The number of carbonyl (C=O) groups excluding carboxylic acids is 1. The number of aromatic carboxylic acids is 1. The van der Waals surface area contributed by atoms with Crippen molar-refractivity contribution < 1.29 is 14.7 Å². The normalized spacial score (nSPS) is 9.90. The molecule has 0 radical (unpaired) electrons. The summed E-state index contributed by atoms with van der Waals surface area (Å²) in [4.78, 5) is 22.4. The molecule has 0 spiro atoms. The SMILES string of the molecule is N#Cc1ccc(NC(=O)Cn2cc(C(=O)O)nn2)cc1Cl. The average molecular weight is 306 g/mol. The van der Waals surface area contributed by atoms with Gasteiger partial charge in [0.1, 0.15) is 12.6 Å². The Kier molecular flexibility index (Phi) is 4.15. The second-order valence-electron chi connectivity index (χ2n) is 3.96. The third kappa shape index (κ3) is 3.55. The van der Waals surface area contributed by atoms with E-state index in [1.807, 2.05) is 6.07 Å². The zero-order valence-corrected chi connectivity index (χ0v) is 11.2. The summed E-state index contributed by atoms with van der Waals surface area (Å²) in [5.74, 6) is -1.65. The molecular formula is C12H8ClN5O3. The van der Waals surface area contributed by atoms with Gasteiger partial charge in [0, 0.05) is 5.69 Å². The standard InChI is InChI=1S/C12H8ClN5O3/c13-9-3-8(2-1-7(9)4-14)15-11(19)6-18-5-10(12(20)21)16-17-18/h1-3,5H,6H2,(H,15,19)(H,20,21). The van der Waals surface area contributed by atoms with Crippen LogP contribution in [0.25, 0.3) is 0 Å². The van der Waals surface area contributed by atoms with Gasteiger partial charge in [-0.2, -0.15) is 5.26 Å². The highest BCUT2D eigenvalue weighted by molar-refractivity contribution is 6.32. The van der Waals surface area contributed by atoms with Gasteiger partial charge >= 0.3 is 5.97 Å². The third-order valence-corrected chi connectivity index (χ3v) is 2.75. The molecular weight excluding hydrogens is 298 g/mol. The lowest BCUT2D eigenvalue weighted by molar-refractivity contribution is -0.116. The van der Waals surface area contributed by atoms with Crippen molar-refractivity contribution in [1.82, 2.24) is 15.0 Å². The first-order valence-corrected chi connectivity index (χ1v) is 6.00. The maximum absolute atomic E-state index is 11.8. The van der Waals surface area contributed by atoms with E-state index < -0.39 is 11.9 Å². The fourth-order valence-electron chi connectivity index (χ4n) is 1.50. The van der Waals surface area contributed by atoms with Gasteiger partial charge < -0.3 is 10.4 Å². The van der Waals surface area contributed by atoms with E-state index in [1.165, 1.54) is 18.2 Å². The highest BCUT2D eigenvalue weighted by Gasteiger charge is 2.11. The summed E-state index contributed by atoms with van der Waals surface area (Å²) in [6.45, 7) is -0.197. The fraction of sp³-hybridized carbons (Fsp3) is 0.0833. The van der Waals surface area contributed by atoms with Crippen molar-refractivity contribution in [3.63, 3.8) is 0 Å². The van der Waals surface area contributed by atoms with E-state index in [0.29, 0.717) is 11.3 Å². The van der Waals surface area contributed by atoms with Crippen LogP contribution in [0.2, 0.25) is 5.02 Å². The summed E-state index contributed by atoms with van der Waals surface area (Å²) >= 11 is 5.84. The first-order chi connectivity index (χ1) is 9.99. The monoisotopic (exact) mass is 305 g/mol. The van der Waals surface area contributed by atoms with Crippen LogP contribution < -0.4 is 5.32 Å². The Hall–Kier alpha value is -2.92. The lowest BCUT2D eigenvalue weighted by atomic mass is 10.2. The number of amides is 1. The van der Waals surface area contributed by atoms with Crippen LogP contribution in [0.4, 0.5) is 5.69 Å². The molecule has 8 nitrogen and oxygen atoms in total. The van der Waals surface area contributed by atoms with Crippen LogP contribution in [0.15, 0.2) is 24.4 Å². The van der Waals surface area contributed by atoms with Gasteiger partial charge in [-0.25, -0.2) is 9.48 Å². The lowest BCUT2D eigenvalue weighted by Gasteiger charge is -2.05. The molecule has 9 heteroatoms. The molecule has 21 heavy (non-hydrogen) atoms. The van der Waals surface area contributed by atoms with Crippen molar-refractivity contribution in [3.8, 4) is 6.07 Å². The number of nitriles is 1. The highest BCUT2D eigenvalue weighted by Crippen LogP contribution is 2.20. The number of anilines is 1. The molecule has 1 amide bonds. The molecule has 0 unspecified atom stereocenters. The zero-order chi connectivity index (χ0) is 15.4. The van der Waals surface area contributed by atoms with Crippen LogP contribution in [-0.2, 0) is 11.3 Å². The molecule has 2 aromatic rings. The number of benzene rings is 1. The Morgan fingerprint density at radius 3 is 2.81 bits per heavy atom. The molecule has 1 aromatic carbocycles. The maximum atomic E-state index is 11.8. The number of aromatic nitrogens is 3. The predicted molar refractivity (Wildman–Crippen MR) is 71.8 cm³/mol. The Balaban J connectivity index is 2.03. The highest BCUT2D eigenvalue weighted by atomic mass is 35.5. The van der Waals surface area contributed by atoms with Crippen molar-refractivity contribution in [2.24, 2.45) is 0 Å². The molecule has 2 N–H and O–H groups in total. The van der Waals surface area contributed by atoms with Gasteiger partial charge in [-0.15, -0.1) is 5.10 Å². The third-order valence-electron chi connectivity index (χ3n) is 2.44. The van der Waals surface area contributed by atoms with E-state index >= 15 is 0 Å². The lowest BCUT2D eigenvalue weighted by Crippen LogP contribution is -2.19. The minimum Gasteiger partial charge on any atom is -0.476 e. The van der Waals surface area contributed by atoms with Crippen LogP contribution >= 0.6 is 11.6 Å². The smallest absolute Gasteiger partial charge is 0.358 e. The van der Waals surface area contributed by atoms with Crippen molar-refractivity contribution in [3.05, 3.63) is 40.7 Å². The zero-order valence-electron chi connectivity index (χ0n) is 10.4. The Bertz CT molecular complexity index is 750. The summed E-state index contributed by atoms with van der Waals surface area (Å²) in [6.07, 6.45) is 1.15. The fourth-order valence-corrected chi connectivity index (χ4v) is 1.73. The molecule has 0 bridgehead atoms. The topological polar surface area (TPSA) is 121 Å². The molecule has 0 atom stereocenters. The first kappa shape index (κ1) is 14.5. The number of carboxylic acids is 1. The summed E-state index contributed by atoms with van der Waals surface area (Å²) < 4.78 is 1.10. The number of carboxylic acid groups (broad SMARTS) is 1. The number of halogens is 1. The van der Waals surface area contributed by atoms with Crippen LogP contribution in [0.1, 0.15) is 16.1 Å². The van der Waals surface area contributed by atoms with E-state index in [-0.39, 0.29) is 17.3 Å². The molecule has 0 aliphatic heterocycles. The molecule has 0 aliphatic rings. The Morgan fingerprint density at radius 2 is 2.24 bits per heavy atom. The van der Waals surface area contributed by atoms with Crippen molar-refractivity contribution >= 4 is 29.2 Å². The molecule has 2 rings (SSSR count). The maximum Gasteiger partial charge on any atom is 0.358 e. The van der Waals surface area contributed by atoms with E-state index in [9.17, 15) is 9.59 Å². The number of rotatable bonds is 4. The van der Waals surface area contributed by atoms with E-state index in [0.717, 1.165) is 10.9 Å². The molecule has 1 heterocycles. The van der Waals surface area contributed by atoms with E-state index in [4.69, 9.17) is 22.0 Å². The van der Waals surface area contributed by atoms with Crippen LogP contribution in [0.5, 0.6) is 0 Å². The van der Waals surface area contributed by atoms with Crippen LogP contribution in [-0.4, -0.2) is 32.0 Å². The molecule has 0 saturated carbocycles. The molecule has 0 saturated heterocycles. The van der Waals surface area contributed by atoms with Gasteiger partial charge in [0.25, 0.3) is 0 Å². The van der Waals surface area contributed by atoms with Crippen molar-refractivity contribution in [1.29, 1.82) is 5.26 Å². The Morgan fingerprint density at radius 1 is 1.48 bits per heavy atom. The molecule has 0 fully saturated rings. The van der Waals surface area contributed by atoms with E-state index in [2.05, 4.69) is 15.6 Å². The number of hydrogen-bond donors (Lipinski definition) is 2. The minimum atomic E-state index is -1.22. The minimum absolute atomic E-state index is 0.197. The summed E-state index contributed by atoms with van der Waals surface area (Å²) in [6, 6.07) is 6.37. The number of hydrogen-bond acceptors (Lipinski definition) is 5. The number of nitrogens with one attached hydrogen (secondary N) is 1. The van der Waals surface area contributed by atoms with Crippen molar-refractivity contribution in [2.75, 3.05) is 5.32 Å². The molecule has 0 aliphatic carbocycles. The predicted octanol–water partition coefficient (Wildman–Crippen LogP) is 1.14. The molecule has 106 valence electrons. The van der Waals surface area contributed by atoms with Crippen molar-refractivity contribution in [2.45, 2.75) is 6.54 Å². The Labute approximate surface area is 123 Å². The number of carbonyl (C=O) groups is 2.